The number of rotatable bonds is 2. The molecule has 3 nitrogen and oxygen atoms in total. The van der Waals surface area contributed by atoms with Gasteiger partial charge in [-0.25, -0.2) is 8.78 Å². The molecule has 1 aliphatic rings. The third-order valence-corrected chi connectivity index (χ3v) is 3.92. The molecule has 0 spiro atoms. The van der Waals surface area contributed by atoms with E-state index in [-0.39, 0.29) is 5.56 Å². The summed E-state index contributed by atoms with van der Waals surface area (Å²) in [5, 5.41) is 18.8. The Bertz CT molecular complexity index is 724. The number of hydrogen-bond donors (Lipinski definition) is 1. The topological polar surface area (TPSA) is 47.3 Å². The normalized spacial score (nSPS) is 20.9. The van der Waals surface area contributed by atoms with Gasteiger partial charge in [0.15, 0.2) is 0 Å². The second-order valence-electron chi connectivity index (χ2n) is 5.38. The lowest BCUT2D eigenvalue weighted by Gasteiger charge is -2.27. The van der Waals surface area contributed by atoms with Gasteiger partial charge in [-0.3, -0.25) is 0 Å². The van der Waals surface area contributed by atoms with Crippen molar-refractivity contribution in [2.75, 3.05) is 11.4 Å². The third-order valence-electron chi connectivity index (χ3n) is 3.92. The molecule has 1 N–H and O–H groups in total. The zero-order valence-corrected chi connectivity index (χ0v) is 11.7. The molecule has 0 amide bonds. The van der Waals surface area contributed by atoms with E-state index in [1.807, 2.05) is 11.0 Å². The van der Waals surface area contributed by atoms with E-state index in [1.165, 1.54) is 6.07 Å². The molecule has 1 aliphatic heterocycles. The molecule has 0 unspecified atom stereocenters. The molecule has 2 aromatic carbocycles. The molecule has 2 aromatic rings. The standard InChI is InChI=1S/C17H14F2N2O/c18-12-3-6-16(19)15(7-12)17-8-14(22)10-21(17)13-4-1-11(9-20)2-5-13/h1-7,14,17,22H,8,10H2/t14-,17-/m0/s1. The van der Waals surface area contributed by atoms with Crippen LogP contribution < -0.4 is 4.90 Å². The van der Waals surface area contributed by atoms with Gasteiger partial charge in [-0.05, 0) is 48.9 Å². The molecule has 2 atom stereocenters. The highest BCUT2D eigenvalue weighted by molar-refractivity contribution is 5.53. The predicted molar refractivity (Wildman–Crippen MR) is 78.2 cm³/mol. The molecule has 0 saturated carbocycles. The number of anilines is 1. The number of halogens is 2. The van der Waals surface area contributed by atoms with Crippen LogP contribution in [-0.2, 0) is 0 Å². The summed E-state index contributed by atoms with van der Waals surface area (Å²) in [5.41, 5.74) is 1.53. The van der Waals surface area contributed by atoms with E-state index < -0.39 is 23.8 Å². The Hall–Kier alpha value is -2.45. The van der Waals surface area contributed by atoms with E-state index in [1.54, 1.807) is 24.3 Å². The van der Waals surface area contributed by atoms with E-state index in [0.29, 0.717) is 18.5 Å². The van der Waals surface area contributed by atoms with Crippen LogP contribution in [0, 0.1) is 23.0 Å². The van der Waals surface area contributed by atoms with E-state index in [2.05, 4.69) is 0 Å². The number of benzene rings is 2. The summed E-state index contributed by atoms with van der Waals surface area (Å²) in [7, 11) is 0. The number of nitrogens with zero attached hydrogens (tertiary/aromatic N) is 2. The van der Waals surface area contributed by atoms with Gasteiger partial charge in [0.1, 0.15) is 11.6 Å². The van der Waals surface area contributed by atoms with E-state index >= 15 is 0 Å². The van der Waals surface area contributed by atoms with Crippen molar-refractivity contribution in [1.29, 1.82) is 5.26 Å². The van der Waals surface area contributed by atoms with Crippen molar-refractivity contribution >= 4 is 5.69 Å². The molecule has 3 rings (SSSR count). The quantitative estimate of drug-likeness (QED) is 0.927. The zero-order chi connectivity index (χ0) is 15.7. The van der Waals surface area contributed by atoms with Crippen molar-refractivity contribution in [2.24, 2.45) is 0 Å². The zero-order valence-electron chi connectivity index (χ0n) is 11.7. The summed E-state index contributed by atoms with van der Waals surface area (Å²) in [5.74, 6) is -0.989. The average molecular weight is 300 g/mol. The van der Waals surface area contributed by atoms with Crippen LogP contribution in [0.5, 0.6) is 0 Å². The lowest BCUT2D eigenvalue weighted by Crippen LogP contribution is -2.24. The van der Waals surface area contributed by atoms with Gasteiger partial charge in [-0.2, -0.15) is 5.26 Å². The van der Waals surface area contributed by atoms with E-state index in [9.17, 15) is 13.9 Å². The molecule has 1 saturated heterocycles. The van der Waals surface area contributed by atoms with Crippen LogP contribution in [0.3, 0.4) is 0 Å². The first kappa shape index (κ1) is 14.5. The van der Waals surface area contributed by atoms with E-state index in [4.69, 9.17) is 5.26 Å². The minimum atomic E-state index is -0.608. The first-order valence-electron chi connectivity index (χ1n) is 6.98. The van der Waals surface area contributed by atoms with Gasteiger partial charge < -0.3 is 10.0 Å². The first-order chi connectivity index (χ1) is 10.6. The monoisotopic (exact) mass is 300 g/mol. The van der Waals surface area contributed by atoms with Crippen LogP contribution in [0.1, 0.15) is 23.6 Å². The van der Waals surface area contributed by atoms with Gasteiger partial charge in [0.05, 0.1) is 23.8 Å². The lowest BCUT2D eigenvalue weighted by atomic mass is 10.0. The Morgan fingerprint density at radius 1 is 1.14 bits per heavy atom. The number of nitriles is 1. The second-order valence-corrected chi connectivity index (χ2v) is 5.38. The van der Waals surface area contributed by atoms with Gasteiger partial charge in [-0.15, -0.1) is 0 Å². The summed E-state index contributed by atoms with van der Waals surface area (Å²) in [6.07, 6.45) is -0.274. The van der Waals surface area contributed by atoms with E-state index in [0.717, 1.165) is 17.8 Å². The molecule has 0 bridgehead atoms. The highest BCUT2D eigenvalue weighted by atomic mass is 19.1. The molecule has 112 valence electrons. The molecule has 0 radical (unpaired) electrons. The maximum Gasteiger partial charge on any atom is 0.128 e. The van der Waals surface area contributed by atoms with Crippen molar-refractivity contribution in [3.05, 3.63) is 65.2 Å². The molecule has 1 fully saturated rings. The van der Waals surface area contributed by atoms with Crippen molar-refractivity contribution in [1.82, 2.24) is 0 Å². The second kappa shape index (κ2) is 5.74. The molecule has 0 aromatic heterocycles. The van der Waals surface area contributed by atoms with Crippen LogP contribution in [0.25, 0.3) is 0 Å². The first-order valence-corrected chi connectivity index (χ1v) is 6.98. The van der Waals surface area contributed by atoms with Crippen LogP contribution in [0.4, 0.5) is 14.5 Å². The minimum absolute atomic E-state index is 0.237. The predicted octanol–water partition coefficient (Wildman–Crippen LogP) is 3.15. The van der Waals surface area contributed by atoms with Crippen LogP contribution >= 0.6 is 0 Å². The Morgan fingerprint density at radius 2 is 1.86 bits per heavy atom. The summed E-state index contributed by atoms with van der Waals surface area (Å²) < 4.78 is 27.5. The fourth-order valence-corrected chi connectivity index (χ4v) is 2.89. The number of β-amino-alcohol motifs (C(OH)–C–C–N with tert-alkyl or cyclic N) is 1. The molecular formula is C17H14F2N2O. The summed E-state index contributed by atoms with van der Waals surface area (Å²) in [4.78, 5) is 1.84. The van der Waals surface area contributed by atoms with Crippen molar-refractivity contribution in [2.45, 2.75) is 18.6 Å². The largest absolute Gasteiger partial charge is 0.391 e. The fraction of sp³-hybridized carbons (Fsp3) is 0.235. The Morgan fingerprint density at radius 3 is 2.55 bits per heavy atom. The van der Waals surface area contributed by atoms with Gasteiger partial charge in [0.2, 0.25) is 0 Å². The highest BCUT2D eigenvalue weighted by Crippen LogP contribution is 2.37. The SMILES string of the molecule is N#Cc1ccc(N2C[C@@H](O)C[C@H]2c2cc(F)ccc2F)cc1. The summed E-state index contributed by atoms with van der Waals surface area (Å²) in [6, 6.07) is 11.8. The smallest absolute Gasteiger partial charge is 0.128 e. The van der Waals surface area contributed by atoms with Crippen LogP contribution in [-0.4, -0.2) is 17.8 Å². The Kier molecular flexibility index (Phi) is 3.78. The van der Waals surface area contributed by atoms with Gasteiger partial charge in [0.25, 0.3) is 0 Å². The fourth-order valence-electron chi connectivity index (χ4n) is 2.89. The third kappa shape index (κ3) is 2.66. The minimum Gasteiger partial charge on any atom is -0.391 e. The lowest BCUT2D eigenvalue weighted by molar-refractivity contribution is 0.194. The molecule has 5 heteroatoms. The van der Waals surface area contributed by atoms with Crippen molar-refractivity contribution in [3.8, 4) is 6.07 Å². The molecular weight excluding hydrogens is 286 g/mol. The maximum absolute atomic E-state index is 14.0. The van der Waals surface area contributed by atoms with Gasteiger partial charge >= 0.3 is 0 Å². The van der Waals surface area contributed by atoms with Crippen molar-refractivity contribution < 1.29 is 13.9 Å². The molecule has 1 heterocycles. The Balaban J connectivity index is 1.98. The summed E-state index contributed by atoms with van der Waals surface area (Å²) >= 11 is 0. The van der Waals surface area contributed by atoms with Gasteiger partial charge in [0, 0.05) is 17.8 Å². The highest BCUT2D eigenvalue weighted by Gasteiger charge is 2.34. The molecule has 22 heavy (non-hydrogen) atoms. The average Bonchev–Trinajstić information content (AvgIpc) is 2.91. The number of aliphatic hydroxyl groups excluding tert-OH is 1. The molecule has 0 aliphatic carbocycles. The van der Waals surface area contributed by atoms with Crippen LogP contribution in [0.15, 0.2) is 42.5 Å². The maximum atomic E-state index is 14.0. The van der Waals surface area contributed by atoms with Gasteiger partial charge in [-0.1, -0.05) is 0 Å². The van der Waals surface area contributed by atoms with Crippen molar-refractivity contribution in [3.63, 3.8) is 0 Å². The Labute approximate surface area is 127 Å². The number of aliphatic hydroxyl groups is 1. The summed E-state index contributed by atoms with van der Waals surface area (Å²) in [6.45, 7) is 0.340. The number of hydrogen-bond acceptors (Lipinski definition) is 3. The van der Waals surface area contributed by atoms with Crippen LogP contribution in [0.2, 0.25) is 0 Å².